The molecule has 2 heterocycles. The van der Waals surface area contributed by atoms with E-state index in [0.29, 0.717) is 25.5 Å². The molecule has 132 valence electrons. The van der Waals surface area contributed by atoms with Crippen LogP contribution in [0.4, 0.5) is 5.82 Å². The Morgan fingerprint density at radius 2 is 2.00 bits per heavy atom. The van der Waals surface area contributed by atoms with E-state index < -0.39 is 6.10 Å². The molecule has 1 aromatic carbocycles. The van der Waals surface area contributed by atoms with Crippen LogP contribution >= 0.6 is 0 Å². The summed E-state index contributed by atoms with van der Waals surface area (Å²) in [4.78, 5) is 19.0. The minimum Gasteiger partial charge on any atom is -0.481 e. The predicted molar refractivity (Wildman–Crippen MR) is 95.6 cm³/mol. The number of carbonyl (C=O) groups is 1. The molecule has 0 spiro atoms. The summed E-state index contributed by atoms with van der Waals surface area (Å²) >= 11 is 0. The number of hydrogen-bond acceptors (Lipinski definition) is 5. The first kappa shape index (κ1) is 17.2. The van der Waals surface area contributed by atoms with Gasteiger partial charge in [-0.15, -0.1) is 0 Å². The molecule has 0 unspecified atom stereocenters. The van der Waals surface area contributed by atoms with Gasteiger partial charge >= 0.3 is 0 Å². The minimum absolute atomic E-state index is 0.152. The lowest BCUT2D eigenvalue weighted by Crippen LogP contribution is -2.39. The summed E-state index contributed by atoms with van der Waals surface area (Å²) in [6.45, 7) is 5.18. The Kier molecular flexibility index (Phi) is 5.85. The first-order valence-corrected chi connectivity index (χ1v) is 8.50. The summed E-state index contributed by atoms with van der Waals surface area (Å²) < 4.78 is 11.0. The summed E-state index contributed by atoms with van der Waals surface area (Å²) in [5.74, 6) is 1.43. The van der Waals surface area contributed by atoms with E-state index >= 15 is 0 Å². The Morgan fingerprint density at radius 3 is 2.76 bits per heavy atom. The Bertz CT molecular complexity index is 687. The number of pyridine rings is 1. The van der Waals surface area contributed by atoms with Gasteiger partial charge in [-0.25, -0.2) is 4.98 Å². The fourth-order valence-corrected chi connectivity index (χ4v) is 2.71. The molecule has 1 aliphatic heterocycles. The maximum atomic E-state index is 12.3. The summed E-state index contributed by atoms with van der Waals surface area (Å²) in [5.41, 5.74) is 0.990. The van der Waals surface area contributed by atoms with Gasteiger partial charge in [-0.3, -0.25) is 4.79 Å². The van der Waals surface area contributed by atoms with Gasteiger partial charge in [0.05, 0.1) is 13.2 Å². The molecule has 0 saturated carbocycles. The number of amides is 1. The number of aromatic nitrogens is 1. The topological polar surface area (TPSA) is 63.7 Å². The van der Waals surface area contributed by atoms with E-state index in [1.165, 1.54) is 0 Å². The lowest BCUT2D eigenvalue weighted by Gasteiger charge is -2.29. The van der Waals surface area contributed by atoms with Gasteiger partial charge in [0.1, 0.15) is 11.6 Å². The molecule has 1 fully saturated rings. The summed E-state index contributed by atoms with van der Waals surface area (Å²) in [6, 6.07) is 13.2. The highest BCUT2D eigenvalue weighted by Crippen LogP contribution is 2.18. The second kappa shape index (κ2) is 8.48. The normalized spacial score (nSPS) is 15.5. The van der Waals surface area contributed by atoms with Gasteiger partial charge in [0.25, 0.3) is 5.91 Å². The van der Waals surface area contributed by atoms with Gasteiger partial charge in [0.2, 0.25) is 0 Å². The zero-order valence-corrected chi connectivity index (χ0v) is 14.4. The highest BCUT2D eigenvalue weighted by atomic mass is 16.5. The molecule has 6 heteroatoms. The van der Waals surface area contributed by atoms with Crippen LogP contribution in [0.3, 0.4) is 0 Å². The van der Waals surface area contributed by atoms with E-state index in [-0.39, 0.29) is 5.91 Å². The molecule has 0 aliphatic carbocycles. The number of benzene rings is 1. The number of para-hydroxylation sites is 1. The average Bonchev–Trinajstić information content (AvgIpc) is 2.68. The van der Waals surface area contributed by atoms with Gasteiger partial charge < -0.3 is 19.7 Å². The first-order chi connectivity index (χ1) is 12.2. The highest BCUT2D eigenvalue weighted by Gasteiger charge is 2.18. The van der Waals surface area contributed by atoms with Crippen LogP contribution in [-0.4, -0.2) is 43.3 Å². The van der Waals surface area contributed by atoms with E-state index in [1.54, 1.807) is 13.1 Å². The molecule has 1 aliphatic rings. The Morgan fingerprint density at radius 1 is 1.24 bits per heavy atom. The molecule has 1 aromatic heterocycles. The maximum absolute atomic E-state index is 12.3. The molecular weight excluding hydrogens is 318 g/mol. The van der Waals surface area contributed by atoms with E-state index in [9.17, 15) is 4.79 Å². The highest BCUT2D eigenvalue weighted by molar-refractivity contribution is 5.80. The monoisotopic (exact) mass is 341 g/mol. The van der Waals surface area contributed by atoms with Crippen molar-refractivity contribution in [1.29, 1.82) is 0 Å². The number of carbonyl (C=O) groups excluding carboxylic acids is 1. The fourth-order valence-electron chi connectivity index (χ4n) is 2.71. The third-order valence-electron chi connectivity index (χ3n) is 4.06. The largest absolute Gasteiger partial charge is 0.481 e. The van der Waals surface area contributed by atoms with Gasteiger partial charge in [0, 0.05) is 31.4 Å². The zero-order valence-electron chi connectivity index (χ0n) is 14.4. The van der Waals surface area contributed by atoms with Crippen LogP contribution in [0.15, 0.2) is 48.7 Å². The van der Waals surface area contributed by atoms with Gasteiger partial charge in [0.15, 0.2) is 6.10 Å². The number of rotatable bonds is 6. The van der Waals surface area contributed by atoms with Crippen molar-refractivity contribution in [2.45, 2.75) is 19.6 Å². The van der Waals surface area contributed by atoms with Crippen LogP contribution in [0.25, 0.3) is 0 Å². The molecule has 25 heavy (non-hydrogen) atoms. The standard InChI is InChI=1S/C19H23N3O3/c1-15(25-17-7-3-2-4-8-17)19(23)21-14-16-6-5-9-20-18(16)22-10-12-24-13-11-22/h2-9,15H,10-14H2,1H3,(H,21,23)/t15-/m0/s1. The van der Waals surface area contributed by atoms with Crippen molar-refractivity contribution >= 4 is 11.7 Å². The maximum Gasteiger partial charge on any atom is 0.261 e. The predicted octanol–water partition coefficient (Wildman–Crippen LogP) is 2.00. The SMILES string of the molecule is C[C@H](Oc1ccccc1)C(=O)NCc1cccnc1N1CCOCC1. The van der Waals surface area contributed by atoms with E-state index in [1.807, 2.05) is 42.5 Å². The molecule has 1 amide bonds. The number of morpholine rings is 1. The fraction of sp³-hybridized carbons (Fsp3) is 0.368. The van der Waals surface area contributed by atoms with Crippen molar-refractivity contribution in [2.24, 2.45) is 0 Å². The molecule has 1 atom stereocenters. The Labute approximate surface area is 147 Å². The molecule has 0 bridgehead atoms. The van der Waals surface area contributed by atoms with Crippen LogP contribution < -0.4 is 15.0 Å². The Hall–Kier alpha value is -2.60. The summed E-state index contributed by atoms with van der Waals surface area (Å²) in [7, 11) is 0. The number of anilines is 1. The van der Waals surface area contributed by atoms with E-state index in [0.717, 1.165) is 24.5 Å². The third kappa shape index (κ3) is 4.70. The number of nitrogens with one attached hydrogen (secondary N) is 1. The van der Waals surface area contributed by atoms with Gasteiger partial charge in [-0.1, -0.05) is 24.3 Å². The lowest BCUT2D eigenvalue weighted by molar-refractivity contribution is -0.127. The lowest BCUT2D eigenvalue weighted by atomic mass is 10.2. The average molecular weight is 341 g/mol. The molecule has 3 rings (SSSR count). The molecule has 0 radical (unpaired) electrons. The first-order valence-electron chi connectivity index (χ1n) is 8.50. The summed E-state index contributed by atoms with van der Waals surface area (Å²) in [5, 5.41) is 2.94. The van der Waals surface area contributed by atoms with Crippen molar-refractivity contribution in [2.75, 3.05) is 31.2 Å². The van der Waals surface area contributed by atoms with Crippen LogP contribution in [0.1, 0.15) is 12.5 Å². The second-order valence-electron chi connectivity index (χ2n) is 5.88. The molecule has 1 saturated heterocycles. The van der Waals surface area contributed by atoms with Crippen molar-refractivity contribution in [3.05, 3.63) is 54.2 Å². The minimum atomic E-state index is -0.564. The molecule has 1 N–H and O–H groups in total. The van der Waals surface area contributed by atoms with Gasteiger partial charge in [-0.05, 0) is 25.1 Å². The van der Waals surface area contributed by atoms with Crippen LogP contribution in [0, 0.1) is 0 Å². The van der Waals surface area contributed by atoms with Gasteiger partial charge in [-0.2, -0.15) is 0 Å². The third-order valence-corrected chi connectivity index (χ3v) is 4.06. The van der Waals surface area contributed by atoms with Crippen molar-refractivity contribution < 1.29 is 14.3 Å². The molecule has 2 aromatic rings. The molecular formula is C19H23N3O3. The van der Waals surface area contributed by atoms with Crippen molar-refractivity contribution in [3.8, 4) is 5.75 Å². The smallest absolute Gasteiger partial charge is 0.261 e. The number of hydrogen-bond donors (Lipinski definition) is 1. The zero-order chi connectivity index (χ0) is 17.5. The number of nitrogens with zero attached hydrogens (tertiary/aromatic N) is 2. The van der Waals surface area contributed by atoms with E-state index in [2.05, 4.69) is 15.2 Å². The van der Waals surface area contributed by atoms with E-state index in [4.69, 9.17) is 9.47 Å². The molecule has 6 nitrogen and oxygen atoms in total. The van der Waals surface area contributed by atoms with Crippen LogP contribution in [-0.2, 0) is 16.1 Å². The summed E-state index contributed by atoms with van der Waals surface area (Å²) in [6.07, 6.45) is 1.21. The second-order valence-corrected chi connectivity index (χ2v) is 5.88. The number of ether oxygens (including phenoxy) is 2. The quantitative estimate of drug-likeness (QED) is 0.871. The Balaban J connectivity index is 1.58. The van der Waals surface area contributed by atoms with Crippen molar-refractivity contribution in [3.63, 3.8) is 0 Å². The van der Waals surface area contributed by atoms with Crippen molar-refractivity contribution in [1.82, 2.24) is 10.3 Å². The van der Waals surface area contributed by atoms with Crippen LogP contribution in [0.2, 0.25) is 0 Å². The van der Waals surface area contributed by atoms with Crippen LogP contribution in [0.5, 0.6) is 5.75 Å².